The van der Waals surface area contributed by atoms with Crippen LogP contribution in [0.25, 0.3) is 5.69 Å². The minimum Gasteiger partial charge on any atom is -0.342 e. The van der Waals surface area contributed by atoms with Crippen LogP contribution in [0, 0.1) is 6.92 Å². The maximum Gasteiger partial charge on any atom is 0.210 e. The van der Waals surface area contributed by atoms with Gasteiger partial charge in [-0.3, -0.25) is 4.57 Å². The second-order valence-corrected chi connectivity index (χ2v) is 4.56. The number of benzene rings is 1. The molecule has 2 heterocycles. The topological polar surface area (TPSA) is 21.1 Å². The van der Waals surface area contributed by atoms with Crippen LogP contribution in [-0.2, 0) is 0 Å². The van der Waals surface area contributed by atoms with Crippen LogP contribution < -0.4 is 4.90 Å². The molecule has 1 aliphatic rings. The molecule has 1 aliphatic heterocycles. The maximum absolute atomic E-state index is 4.56. The predicted molar refractivity (Wildman–Crippen MR) is 69.7 cm³/mol. The van der Waals surface area contributed by atoms with E-state index in [4.69, 9.17) is 0 Å². The standard InChI is InChI=1S/C14H17N3/c1-12-11-15-14(16-9-5-6-10-16)17(12)13-7-3-2-4-8-13/h2-4,7-8,11H,5-6,9-10H2,1H3. The van der Waals surface area contributed by atoms with Gasteiger partial charge in [-0.2, -0.15) is 0 Å². The average molecular weight is 227 g/mol. The molecule has 0 saturated carbocycles. The number of rotatable bonds is 2. The van der Waals surface area contributed by atoms with E-state index in [1.165, 1.54) is 24.2 Å². The second kappa shape index (κ2) is 4.24. The first-order valence-corrected chi connectivity index (χ1v) is 6.21. The Kier molecular flexibility index (Phi) is 2.59. The molecule has 0 N–H and O–H groups in total. The Morgan fingerprint density at radius 1 is 1.06 bits per heavy atom. The molecule has 3 heteroatoms. The lowest BCUT2D eigenvalue weighted by molar-refractivity contribution is 0.865. The first-order valence-electron chi connectivity index (χ1n) is 6.21. The molecule has 17 heavy (non-hydrogen) atoms. The summed E-state index contributed by atoms with van der Waals surface area (Å²) in [6, 6.07) is 10.5. The highest BCUT2D eigenvalue weighted by molar-refractivity contribution is 5.46. The number of para-hydroxylation sites is 1. The summed E-state index contributed by atoms with van der Waals surface area (Å²) in [4.78, 5) is 6.94. The highest BCUT2D eigenvalue weighted by Crippen LogP contribution is 2.24. The molecule has 2 aromatic rings. The Hall–Kier alpha value is -1.77. The fourth-order valence-corrected chi connectivity index (χ4v) is 2.46. The number of aromatic nitrogens is 2. The molecule has 0 radical (unpaired) electrons. The molecule has 88 valence electrons. The summed E-state index contributed by atoms with van der Waals surface area (Å²) in [5.41, 5.74) is 2.39. The zero-order chi connectivity index (χ0) is 11.7. The van der Waals surface area contributed by atoms with Crippen LogP contribution in [-0.4, -0.2) is 22.6 Å². The number of anilines is 1. The van der Waals surface area contributed by atoms with Crippen molar-refractivity contribution in [2.24, 2.45) is 0 Å². The number of nitrogens with zero attached hydrogens (tertiary/aromatic N) is 3. The summed E-state index contributed by atoms with van der Waals surface area (Å²) in [5, 5.41) is 0. The highest BCUT2D eigenvalue weighted by Gasteiger charge is 2.19. The smallest absolute Gasteiger partial charge is 0.210 e. The molecule has 1 fully saturated rings. The quantitative estimate of drug-likeness (QED) is 0.786. The van der Waals surface area contributed by atoms with Gasteiger partial charge in [-0.15, -0.1) is 0 Å². The minimum absolute atomic E-state index is 1.09. The highest BCUT2D eigenvalue weighted by atomic mass is 15.3. The summed E-state index contributed by atoms with van der Waals surface area (Å²) >= 11 is 0. The normalized spacial score (nSPS) is 15.5. The van der Waals surface area contributed by atoms with Gasteiger partial charge in [0, 0.05) is 24.5 Å². The van der Waals surface area contributed by atoms with E-state index >= 15 is 0 Å². The van der Waals surface area contributed by atoms with Crippen LogP contribution in [0.15, 0.2) is 36.5 Å². The molecule has 0 spiro atoms. The van der Waals surface area contributed by atoms with Gasteiger partial charge < -0.3 is 4.90 Å². The van der Waals surface area contributed by atoms with Gasteiger partial charge in [0.1, 0.15) is 0 Å². The molecule has 0 bridgehead atoms. The summed E-state index contributed by atoms with van der Waals surface area (Å²) in [7, 11) is 0. The third kappa shape index (κ3) is 1.82. The molecule has 1 aromatic carbocycles. The molecule has 0 atom stereocenters. The lowest BCUT2D eigenvalue weighted by Crippen LogP contribution is -2.22. The molecular formula is C14H17N3. The van der Waals surface area contributed by atoms with Gasteiger partial charge in [0.25, 0.3) is 0 Å². The van der Waals surface area contributed by atoms with E-state index in [2.05, 4.69) is 45.6 Å². The minimum atomic E-state index is 1.09. The lowest BCUT2D eigenvalue weighted by atomic mass is 10.3. The van der Waals surface area contributed by atoms with Crippen molar-refractivity contribution < 1.29 is 0 Å². The number of hydrogen-bond donors (Lipinski definition) is 0. The van der Waals surface area contributed by atoms with Crippen LogP contribution in [0.3, 0.4) is 0 Å². The van der Waals surface area contributed by atoms with Gasteiger partial charge in [0.15, 0.2) is 0 Å². The third-order valence-corrected chi connectivity index (χ3v) is 3.32. The summed E-state index contributed by atoms with van der Waals surface area (Å²) in [6.45, 7) is 4.37. The molecule has 0 unspecified atom stereocenters. The molecule has 1 saturated heterocycles. The predicted octanol–water partition coefficient (Wildman–Crippen LogP) is 2.78. The first-order chi connectivity index (χ1) is 8.36. The van der Waals surface area contributed by atoms with Crippen molar-refractivity contribution in [2.45, 2.75) is 19.8 Å². The van der Waals surface area contributed by atoms with Gasteiger partial charge in [0.05, 0.1) is 6.20 Å². The average Bonchev–Trinajstić information content (AvgIpc) is 2.98. The van der Waals surface area contributed by atoms with E-state index in [1.807, 2.05) is 12.3 Å². The second-order valence-electron chi connectivity index (χ2n) is 4.56. The van der Waals surface area contributed by atoms with Gasteiger partial charge in [0.2, 0.25) is 5.95 Å². The van der Waals surface area contributed by atoms with Crippen LogP contribution in [0.5, 0.6) is 0 Å². The Balaban J connectivity index is 2.06. The Morgan fingerprint density at radius 2 is 1.76 bits per heavy atom. The van der Waals surface area contributed by atoms with E-state index in [1.54, 1.807) is 0 Å². The lowest BCUT2D eigenvalue weighted by Gasteiger charge is -2.19. The van der Waals surface area contributed by atoms with Crippen molar-refractivity contribution in [3.05, 3.63) is 42.2 Å². The molecular weight excluding hydrogens is 210 g/mol. The van der Waals surface area contributed by atoms with Crippen LogP contribution in [0.4, 0.5) is 5.95 Å². The SMILES string of the molecule is Cc1cnc(N2CCCC2)n1-c1ccccc1. The van der Waals surface area contributed by atoms with Crippen LogP contribution in [0.2, 0.25) is 0 Å². The van der Waals surface area contributed by atoms with E-state index in [-0.39, 0.29) is 0 Å². The van der Waals surface area contributed by atoms with Crippen molar-refractivity contribution >= 4 is 5.95 Å². The number of hydrogen-bond acceptors (Lipinski definition) is 2. The number of aryl methyl sites for hydroxylation is 1. The van der Waals surface area contributed by atoms with Gasteiger partial charge in [-0.1, -0.05) is 18.2 Å². The fraction of sp³-hybridized carbons (Fsp3) is 0.357. The molecule has 1 aromatic heterocycles. The molecule has 0 amide bonds. The summed E-state index contributed by atoms with van der Waals surface area (Å²) < 4.78 is 2.24. The third-order valence-electron chi connectivity index (χ3n) is 3.32. The molecule has 3 nitrogen and oxygen atoms in total. The van der Waals surface area contributed by atoms with E-state index in [0.29, 0.717) is 0 Å². The van der Waals surface area contributed by atoms with Crippen molar-refractivity contribution in [3.8, 4) is 5.69 Å². The maximum atomic E-state index is 4.56. The van der Waals surface area contributed by atoms with Crippen molar-refractivity contribution in [2.75, 3.05) is 18.0 Å². The van der Waals surface area contributed by atoms with Crippen LogP contribution >= 0.6 is 0 Å². The molecule has 0 aliphatic carbocycles. The van der Waals surface area contributed by atoms with Gasteiger partial charge >= 0.3 is 0 Å². The Morgan fingerprint density at radius 3 is 2.47 bits per heavy atom. The van der Waals surface area contributed by atoms with Crippen molar-refractivity contribution in [1.29, 1.82) is 0 Å². The van der Waals surface area contributed by atoms with Crippen LogP contribution in [0.1, 0.15) is 18.5 Å². The Labute approximate surface area is 102 Å². The number of imidazole rings is 1. The van der Waals surface area contributed by atoms with E-state index in [9.17, 15) is 0 Å². The first kappa shape index (κ1) is 10.4. The zero-order valence-corrected chi connectivity index (χ0v) is 10.1. The fourth-order valence-electron chi connectivity index (χ4n) is 2.46. The monoisotopic (exact) mass is 227 g/mol. The van der Waals surface area contributed by atoms with Crippen molar-refractivity contribution in [3.63, 3.8) is 0 Å². The van der Waals surface area contributed by atoms with Gasteiger partial charge in [-0.25, -0.2) is 4.98 Å². The van der Waals surface area contributed by atoms with E-state index < -0.39 is 0 Å². The van der Waals surface area contributed by atoms with Gasteiger partial charge in [-0.05, 0) is 31.9 Å². The summed E-state index contributed by atoms with van der Waals surface area (Å²) in [6.07, 6.45) is 4.52. The molecule has 3 rings (SSSR count). The zero-order valence-electron chi connectivity index (χ0n) is 10.1. The largest absolute Gasteiger partial charge is 0.342 e. The van der Waals surface area contributed by atoms with Crippen molar-refractivity contribution in [1.82, 2.24) is 9.55 Å². The summed E-state index contributed by atoms with van der Waals surface area (Å²) in [5.74, 6) is 1.09. The Bertz CT molecular complexity index is 495. The van der Waals surface area contributed by atoms with E-state index in [0.717, 1.165) is 19.0 Å².